The Balaban J connectivity index is 1.66. The van der Waals surface area contributed by atoms with Crippen molar-refractivity contribution in [2.75, 3.05) is 26.2 Å². The zero-order valence-electron chi connectivity index (χ0n) is 12.2. The predicted molar refractivity (Wildman–Crippen MR) is 79.9 cm³/mol. The van der Waals surface area contributed by atoms with E-state index in [-0.39, 0.29) is 11.9 Å². The van der Waals surface area contributed by atoms with Crippen LogP contribution >= 0.6 is 11.3 Å². The molecule has 0 unspecified atom stereocenters. The standard InChI is InChI=1S/C14H18N4O2S/c1-10(17-5-7-18(8-6-17)11(2)19)13-15-16-14(20-13)12-4-3-9-21-12/h3-4,9-10H,5-8H2,1-2H3/t10-/m0/s1. The van der Waals surface area contributed by atoms with E-state index in [9.17, 15) is 4.79 Å². The summed E-state index contributed by atoms with van der Waals surface area (Å²) in [6.45, 7) is 6.85. The molecule has 0 N–H and O–H groups in total. The van der Waals surface area contributed by atoms with Crippen molar-refractivity contribution in [1.29, 1.82) is 0 Å². The minimum Gasteiger partial charge on any atom is -0.418 e. The molecule has 1 aliphatic heterocycles. The highest BCUT2D eigenvalue weighted by atomic mass is 32.1. The Labute approximate surface area is 127 Å². The fourth-order valence-electron chi connectivity index (χ4n) is 2.48. The van der Waals surface area contributed by atoms with Crippen molar-refractivity contribution in [3.63, 3.8) is 0 Å². The van der Waals surface area contributed by atoms with Gasteiger partial charge in [-0.25, -0.2) is 0 Å². The SMILES string of the molecule is CC(=O)N1CCN([C@@H](C)c2nnc(-c3cccs3)o2)CC1. The summed E-state index contributed by atoms with van der Waals surface area (Å²) in [5, 5.41) is 10.3. The number of carbonyl (C=O) groups excluding carboxylic acids is 1. The summed E-state index contributed by atoms with van der Waals surface area (Å²) >= 11 is 1.59. The molecule has 1 fully saturated rings. The van der Waals surface area contributed by atoms with Crippen LogP contribution in [0, 0.1) is 0 Å². The zero-order valence-corrected chi connectivity index (χ0v) is 13.0. The van der Waals surface area contributed by atoms with E-state index in [1.165, 1.54) is 0 Å². The van der Waals surface area contributed by atoms with E-state index in [2.05, 4.69) is 22.0 Å². The second-order valence-corrected chi connectivity index (χ2v) is 6.09. The summed E-state index contributed by atoms with van der Waals surface area (Å²) < 4.78 is 5.78. The number of hydrogen-bond donors (Lipinski definition) is 0. The quantitative estimate of drug-likeness (QED) is 0.868. The number of amides is 1. The van der Waals surface area contributed by atoms with Gasteiger partial charge in [0.25, 0.3) is 5.89 Å². The Kier molecular flexibility index (Phi) is 4.03. The van der Waals surface area contributed by atoms with E-state index in [1.54, 1.807) is 18.3 Å². The second-order valence-electron chi connectivity index (χ2n) is 5.14. The van der Waals surface area contributed by atoms with Gasteiger partial charge in [0.1, 0.15) is 0 Å². The van der Waals surface area contributed by atoms with Crippen LogP contribution in [0.5, 0.6) is 0 Å². The molecular formula is C14H18N4O2S. The highest BCUT2D eigenvalue weighted by Gasteiger charge is 2.26. The topological polar surface area (TPSA) is 62.5 Å². The van der Waals surface area contributed by atoms with E-state index in [0.29, 0.717) is 11.8 Å². The minimum atomic E-state index is 0.0697. The van der Waals surface area contributed by atoms with Crippen molar-refractivity contribution < 1.29 is 9.21 Å². The van der Waals surface area contributed by atoms with Crippen LogP contribution in [0.1, 0.15) is 25.8 Å². The molecule has 7 heteroatoms. The monoisotopic (exact) mass is 306 g/mol. The largest absolute Gasteiger partial charge is 0.418 e. The zero-order chi connectivity index (χ0) is 14.8. The number of aromatic nitrogens is 2. The van der Waals surface area contributed by atoms with Gasteiger partial charge in [0.15, 0.2) is 0 Å². The minimum absolute atomic E-state index is 0.0697. The van der Waals surface area contributed by atoms with Crippen molar-refractivity contribution in [2.24, 2.45) is 0 Å². The van der Waals surface area contributed by atoms with Crippen LogP contribution in [-0.2, 0) is 4.79 Å². The Morgan fingerprint density at radius 3 is 2.71 bits per heavy atom. The van der Waals surface area contributed by atoms with Gasteiger partial charge >= 0.3 is 0 Å². The van der Waals surface area contributed by atoms with Gasteiger partial charge in [-0.15, -0.1) is 21.5 Å². The van der Waals surface area contributed by atoms with Crippen LogP contribution in [0.4, 0.5) is 0 Å². The summed E-state index contributed by atoms with van der Waals surface area (Å²) in [5.74, 6) is 1.35. The van der Waals surface area contributed by atoms with Crippen molar-refractivity contribution in [3.05, 3.63) is 23.4 Å². The summed E-state index contributed by atoms with van der Waals surface area (Å²) in [4.78, 5) is 16.5. The first-order valence-electron chi connectivity index (χ1n) is 7.02. The average Bonchev–Trinajstić information content (AvgIpc) is 3.17. The molecule has 1 aliphatic rings. The molecule has 0 aliphatic carbocycles. The predicted octanol–water partition coefficient (Wildman–Crippen LogP) is 2.02. The van der Waals surface area contributed by atoms with Gasteiger partial charge in [-0.2, -0.15) is 0 Å². The van der Waals surface area contributed by atoms with E-state index in [0.717, 1.165) is 31.1 Å². The highest BCUT2D eigenvalue weighted by Crippen LogP contribution is 2.27. The summed E-state index contributed by atoms with van der Waals surface area (Å²) in [6, 6.07) is 4.01. The second kappa shape index (κ2) is 5.95. The summed E-state index contributed by atoms with van der Waals surface area (Å²) in [6.07, 6.45) is 0. The fourth-order valence-corrected chi connectivity index (χ4v) is 3.13. The number of carbonyl (C=O) groups is 1. The maximum atomic E-state index is 11.3. The summed E-state index contributed by atoms with van der Waals surface area (Å²) in [7, 11) is 0. The van der Waals surface area contributed by atoms with Gasteiger partial charge in [0, 0.05) is 33.1 Å². The Bertz CT molecular complexity index is 602. The van der Waals surface area contributed by atoms with Crippen LogP contribution in [0.3, 0.4) is 0 Å². The number of hydrogen-bond acceptors (Lipinski definition) is 6. The molecular weight excluding hydrogens is 288 g/mol. The number of piperazine rings is 1. The number of nitrogens with zero attached hydrogens (tertiary/aromatic N) is 4. The van der Waals surface area contributed by atoms with Gasteiger partial charge in [-0.3, -0.25) is 9.69 Å². The number of rotatable bonds is 3. The molecule has 112 valence electrons. The third-order valence-electron chi connectivity index (χ3n) is 3.84. The first-order valence-corrected chi connectivity index (χ1v) is 7.90. The van der Waals surface area contributed by atoms with Crippen LogP contribution in [0.2, 0.25) is 0 Å². The van der Waals surface area contributed by atoms with Crippen LogP contribution in [0.15, 0.2) is 21.9 Å². The van der Waals surface area contributed by atoms with Crippen LogP contribution in [0.25, 0.3) is 10.8 Å². The molecule has 1 atom stereocenters. The lowest BCUT2D eigenvalue weighted by Crippen LogP contribution is -2.48. The first kappa shape index (κ1) is 14.2. The van der Waals surface area contributed by atoms with Crippen molar-refractivity contribution >= 4 is 17.2 Å². The fraction of sp³-hybridized carbons (Fsp3) is 0.500. The maximum Gasteiger partial charge on any atom is 0.257 e. The molecule has 1 saturated heterocycles. The molecule has 6 nitrogen and oxygen atoms in total. The molecule has 1 amide bonds. The van der Waals surface area contributed by atoms with Crippen molar-refractivity contribution in [3.8, 4) is 10.8 Å². The van der Waals surface area contributed by atoms with Crippen molar-refractivity contribution in [2.45, 2.75) is 19.9 Å². The lowest BCUT2D eigenvalue weighted by molar-refractivity contribution is -0.130. The molecule has 2 aromatic heterocycles. The molecule has 0 radical (unpaired) electrons. The van der Waals surface area contributed by atoms with E-state index < -0.39 is 0 Å². The maximum absolute atomic E-state index is 11.3. The van der Waals surface area contributed by atoms with Crippen LogP contribution in [-0.4, -0.2) is 52.1 Å². The molecule has 3 heterocycles. The average molecular weight is 306 g/mol. The third kappa shape index (κ3) is 2.98. The number of thiophene rings is 1. The van der Waals surface area contributed by atoms with Gasteiger partial charge in [0.2, 0.25) is 11.8 Å². The van der Waals surface area contributed by atoms with Gasteiger partial charge in [-0.1, -0.05) is 6.07 Å². The molecule has 2 aromatic rings. The molecule has 3 rings (SSSR count). The Morgan fingerprint density at radius 2 is 2.10 bits per heavy atom. The Hall–Kier alpha value is -1.73. The molecule has 0 spiro atoms. The van der Waals surface area contributed by atoms with E-state index in [4.69, 9.17) is 4.42 Å². The van der Waals surface area contributed by atoms with Crippen molar-refractivity contribution in [1.82, 2.24) is 20.0 Å². The van der Waals surface area contributed by atoms with Gasteiger partial charge < -0.3 is 9.32 Å². The summed E-state index contributed by atoms with van der Waals surface area (Å²) in [5.41, 5.74) is 0. The van der Waals surface area contributed by atoms with Gasteiger partial charge in [-0.05, 0) is 18.4 Å². The normalized spacial score (nSPS) is 17.9. The van der Waals surface area contributed by atoms with Gasteiger partial charge in [0.05, 0.1) is 10.9 Å². The smallest absolute Gasteiger partial charge is 0.257 e. The molecule has 0 saturated carbocycles. The van der Waals surface area contributed by atoms with E-state index >= 15 is 0 Å². The third-order valence-corrected chi connectivity index (χ3v) is 4.70. The Morgan fingerprint density at radius 1 is 1.33 bits per heavy atom. The lowest BCUT2D eigenvalue weighted by Gasteiger charge is -2.36. The highest BCUT2D eigenvalue weighted by molar-refractivity contribution is 7.13. The molecule has 0 aromatic carbocycles. The van der Waals surface area contributed by atoms with E-state index in [1.807, 2.05) is 22.4 Å². The first-order chi connectivity index (χ1) is 10.1. The van der Waals surface area contributed by atoms with Crippen LogP contribution < -0.4 is 0 Å². The molecule has 0 bridgehead atoms. The lowest BCUT2D eigenvalue weighted by atomic mass is 10.2. The molecule has 21 heavy (non-hydrogen) atoms.